The first-order valence-corrected chi connectivity index (χ1v) is 6.33. The van der Waals surface area contributed by atoms with Crippen molar-refractivity contribution in [3.63, 3.8) is 0 Å². The first-order valence-electron chi connectivity index (χ1n) is 6.33. The van der Waals surface area contributed by atoms with Crippen LogP contribution < -0.4 is 5.32 Å². The molecule has 3 nitrogen and oxygen atoms in total. The van der Waals surface area contributed by atoms with Crippen LogP contribution in [-0.4, -0.2) is 29.9 Å². The van der Waals surface area contributed by atoms with Gasteiger partial charge in [-0.05, 0) is 37.5 Å². The van der Waals surface area contributed by atoms with E-state index in [-0.39, 0.29) is 17.8 Å². The second-order valence-electron chi connectivity index (χ2n) is 4.82. The zero-order valence-electron chi connectivity index (χ0n) is 10.8. The molecule has 0 aromatic heterocycles. The van der Waals surface area contributed by atoms with Crippen LogP contribution in [0.1, 0.15) is 25.3 Å². The second kappa shape index (κ2) is 5.48. The highest BCUT2D eigenvalue weighted by molar-refractivity contribution is 5.81. The molecule has 1 amide bonds. The lowest BCUT2D eigenvalue weighted by atomic mass is 10.1. The van der Waals surface area contributed by atoms with Crippen LogP contribution >= 0.6 is 0 Å². The molecular weight excluding hydrogens is 231 g/mol. The molecule has 0 spiro atoms. The number of carbonyl (C=O) groups is 1. The van der Waals surface area contributed by atoms with Crippen LogP contribution in [0.4, 0.5) is 4.39 Å². The molecule has 0 bridgehead atoms. The van der Waals surface area contributed by atoms with E-state index < -0.39 is 0 Å². The molecule has 4 heteroatoms. The van der Waals surface area contributed by atoms with Crippen molar-refractivity contribution < 1.29 is 9.18 Å². The highest BCUT2D eigenvalue weighted by Crippen LogP contribution is 2.30. The lowest BCUT2D eigenvalue weighted by Gasteiger charge is -2.27. The summed E-state index contributed by atoms with van der Waals surface area (Å²) in [7, 11) is 1.65. The van der Waals surface area contributed by atoms with Gasteiger partial charge in [0.05, 0.1) is 6.04 Å². The summed E-state index contributed by atoms with van der Waals surface area (Å²) >= 11 is 0. The Labute approximate surface area is 107 Å². The Hall–Kier alpha value is -1.42. The molecular formula is C14H19FN2O. The SMILES string of the molecule is CNC(=O)[C@H](C)N(Cc1ccc(F)cc1)C1CC1. The first-order chi connectivity index (χ1) is 8.61. The van der Waals surface area contributed by atoms with Gasteiger partial charge >= 0.3 is 0 Å². The Morgan fingerprint density at radius 1 is 1.44 bits per heavy atom. The molecule has 1 aromatic carbocycles. The molecule has 1 N–H and O–H groups in total. The number of halogens is 1. The van der Waals surface area contributed by atoms with E-state index in [0.717, 1.165) is 18.4 Å². The summed E-state index contributed by atoms with van der Waals surface area (Å²) in [5.41, 5.74) is 1.04. The quantitative estimate of drug-likeness (QED) is 0.866. The summed E-state index contributed by atoms with van der Waals surface area (Å²) in [6.45, 7) is 2.61. The Bertz CT molecular complexity index is 414. The van der Waals surface area contributed by atoms with E-state index in [2.05, 4.69) is 10.2 Å². The number of rotatable bonds is 5. The smallest absolute Gasteiger partial charge is 0.236 e. The van der Waals surface area contributed by atoms with E-state index in [4.69, 9.17) is 0 Å². The van der Waals surface area contributed by atoms with E-state index in [0.29, 0.717) is 12.6 Å². The molecule has 0 unspecified atom stereocenters. The van der Waals surface area contributed by atoms with Crippen molar-refractivity contribution in [3.8, 4) is 0 Å². The summed E-state index contributed by atoms with van der Waals surface area (Å²) in [4.78, 5) is 13.9. The van der Waals surface area contributed by atoms with E-state index >= 15 is 0 Å². The first kappa shape index (κ1) is 13.0. The predicted molar refractivity (Wildman–Crippen MR) is 68.5 cm³/mol. The van der Waals surface area contributed by atoms with Gasteiger partial charge in [-0.15, -0.1) is 0 Å². The van der Waals surface area contributed by atoms with E-state index in [1.807, 2.05) is 6.92 Å². The van der Waals surface area contributed by atoms with Gasteiger partial charge in [-0.3, -0.25) is 9.69 Å². The number of hydrogen-bond acceptors (Lipinski definition) is 2. The number of carbonyl (C=O) groups excluding carboxylic acids is 1. The van der Waals surface area contributed by atoms with Crippen molar-refractivity contribution in [1.29, 1.82) is 0 Å². The van der Waals surface area contributed by atoms with Gasteiger partial charge in [-0.25, -0.2) is 4.39 Å². The lowest BCUT2D eigenvalue weighted by molar-refractivity contribution is -0.125. The Balaban J connectivity index is 2.06. The molecule has 1 aromatic rings. The summed E-state index contributed by atoms with van der Waals surface area (Å²) in [5, 5.41) is 2.68. The standard InChI is InChI=1S/C14H19FN2O/c1-10(14(18)16-2)17(13-7-8-13)9-11-3-5-12(15)6-4-11/h3-6,10,13H,7-9H2,1-2H3,(H,16,18)/t10-/m0/s1. The van der Waals surface area contributed by atoms with E-state index in [9.17, 15) is 9.18 Å². The van der Waals surface area contributed by atoms with Gasteiger partial charge in [0.1, 0.15) is 5.82 Å². The molecule has 1 saturated carbocycles. The van der Waals surface area contributed by atoms with E-state index in [1.54, 1.807) is 19.2 Å². The van der Waals surface area contributed by atoms with Crippen molar-refractivity contribution in [1.82, 2.24) is 10.2 Å². The molecule has 1 aliphatic rings. The lowest BCUT2D eigenvalue weighted by Crippen LogP contribution is -2.44. The summed E-state index contributed by atoms with van der Waals surface area (Å²) in [5.74, 6) is -0.194. The van der Waals surface area contributed by atoms with Crippen LogP contribution in [-0.2, 0) is 11.3 Å². The number of nitrogens with one attached hydrogen (secondary N) is 1. The topological polar surface area (TPSA) is 32.3 Å². The van der Waals surface area contributed by atoms with Crippen LogP contribution in [0.15, 0.2) is 24.3 Å². The third-order valence-electron chi connectivity index (χ3n) is 3.42. The zero-order valence-corrected chi connectivity index (χ0v) is 10.8. The summed E-state index contributed by atoms with van der Waals surface area (Å²) in [6, 6.07) is 6.83. The number of likely N-dealkylation sites (N-methyl/N-ethyl adjacent to an activating group) is 1. The van der Waals surface area contributed by atoms with Gasteiger partial charge in [0.2, 0.25) is 5.91 Å². The molecule has 0 radical (unpaired) electrons. The largest absolute Gasteiger partial charge is 0.358 e. The third kappa shape index (κ3) is 3.07. The number of nitrogens with zero attached hydrogens (tertiary/aromatic N) is 1. The normalized spacial score (nSPS) is 16.7. The molecule has 98 valence electrons. The van der Waals surface area contributed by atoms with Gasteiger partial charge in [0, 0.05) is 19.6 Å². The minimum absolute atomic E-state index is 0.0315. The second-order valence-corrected chi connectivity index (χ2v) is 4.82. The van der Waals surface area contributed by atoms with Crippen molar-refractivity contribution in [3.05, 3.63) is 35.6 Å². The minimum atomic E-state index is -0.226. The average Bonchev–Trinajstić information content (AvgIpc) is 3.20. The molecule has 0 saturated heterocycles. The molecule has 1 fully saturated rings. The monoisotopic (exact) mass is 250 g/mol. The molecule has 18 heavy (non-hydrogen) atoms. The van der Waals surface area contributed by atoms with Crippen LogP contribution in [0.5, 0.6) is 0 Å². The fourth-order valence-electron chi connectivity index (χ4n) is 2.15. The van der Waals surface area contributed by atoms with Crippen LogP contribution in [0, 0.1) is 5.82 Å². The Morgan fingerprint density at radius 3 is 2.56 bits per heavy atom. The maximum atomic E-state index is 12.9. The van der Waals surface area contributed by atoms with Crippen LogP contribution in [0.3, 0.4) is 0 Å². The van der Waals surface area contributed by atoms with Crippen molar-refractivity contribution in [2.24, 2.45) is 0 Å². The van der Waals surface area contributed by atoms with Gasteiger partial charge in [-0.1, -0.05) is 12.1 Å². The zero-order chi connectivity index (χ0) is 13.1. The van der Waals surface area contributed by atoms with Gasteiger partial charge in [0.25, 0.3) is 0 Å². The van der Waals surface area contributed by atoms with Crippen molar-refractivity contribution in [2.45, 2.75) is 38.4 Å². The van der Waals surface area contributed by atoms with E-state index in [1.165, 1.54) is 12.1 Å². The minimum Gasteiger partial charge on any atom is -0.358 e. The maximum Gasteiger partial charge on any atom is 0.236 e. The number of amides is 1. The molecule has 1 atom stereocenters. The van der Waals surface area contributed by atoms with Crippen molar-refractivity contribution in [2.75, 3.05) is 7.05 Å². The molecule has 0 aliphatic heterocycles. The van der Waals surface area contributed by atoms with Gasteiger partial charge < -0.3 is 5.32 Å². The maximum absolute atomic E-state index is 12.9. The number of benzene rings is 1. The average molecular weight is 250 g/mol. The molecule has 2 rings (SSSR count). The van der Waals surface area contributed by atoms with Gasteiger partial charge in [0.15, 0.2) is 0 Å². The summed E-state index contributed by atoms with van der Waals surface area (Å²) < 4.78 is 12.9. The third-order valence-corrected chi connectivity index (χ3v) is 3.42. The van der Waals surface area contributed by atoms with Gasteiger partial charge in [-0.2, -0.15) is 0 Å². The number of hydrogen-bond donors (Lipinski definition) is 1. The Morgan fingerprint density at radius 2 is 2.06 bits per heavy atom. The highest BCUT2D eigenvalue weighted by atomic mass is 19.1. The van der Waals surface area contributed by atoms with Crippen molar-refractivity contribution >= 4 is 5.91 Å². The highest BCUT2D eigenvalue weighted by Gasteiger charge is 2.34. The van der Waals surface area contributed by atoms with Crippen LogP contribution in [0.25, 0.3) is 0 Å². The summed E-state index contributed by atoms with van der Waals surface area (Å²) in [6.07, 6.45) is 2.28. The molecule has 1 aliphatic carbocycles. The fourth-order valence-corrected chi connectivity index (χ4v) is 2.15. The van der Waals surface area contributed by atoms with Crippen LogP contribution in [0.2, 0.25) is 0 Å². The molecule has 0 heterocycles. The fraction of sp³-hybridized carbons (Fsp3) is 0.500. The Kier molecular flexibility index (Phi) is 3.97. The predicted octanol–water partition coefficient (Wildman–Crippen LogP) is 1.92.